The first-order valence-electron chi connectivity index (χ1n) is 11.3. The fraction of sp³-hybridized carbons (Fsp3) is 0.625. The van der Waals surface area contributed by atoms with Crippen molar-refractivity contribution in [1.29, 1.82) is 0 Å². The molecular weight excluding hydrogens is 380 g/mol. The Balaban J connectivity index is 1.61. The summed E-state index contributed by atoms with van der Waals surface area (Å²) in [5.74, 6) is 1.83. The molecule has 30 heavy (non-hydrogen) atoms. The molecular formula is C24H32N2O4. The van der Waals surface area contributed by atoms with Gasteiger partial charge < -0.3 is 19.1 Å². The van der Waals surface area contributed by atoms with Crippen molar-refractivity contribution in [3.05, 3.63) is 35.4 Å². The van der Waals surface area contributed by atoms with Crippen molar-refractivity contribution < 1.29 is 19.0 Å². The molecule has 1 spiro atoms. The Hall–Kier alpha value is -2.05. The minimum atomic E-state index is -0.375. The number of fused-ring (bicyclic) bond motifs is 2. The van der Waals surface area contributed by atoms with Crippen LogP contribution in [0.15, 0.2) is 24.3 Å². The number of carbonyl (C=O) groups excluding carboxylic acids is 1. The van der Waals surface area contributed by atoms with Crippen LogP contribution in [0.2, 0.25) is 0 Å². The van der Waals surface area contributed by atoms with Gasteiger partial charge in [-0.2, -0.15) is 0 Å². The van der Waals surface area contributed by atoms with E-state index in [1.807, 2.05) is 11.9 Å². The zero-order chi connectivity index (χ0) is 20.9. The maximum Gasteiger partial charge on any atom is 0.241 e. The van der Waals surface area contributed by atoms with Crippen LogP contribution >= 0.6 is 0 Å². The molecule has 0 unspecified atom stereocenters. The highest BCUT2D eigenvalue weighted by Crippen LogP contribution is 2.54. The maximum absolute atomic E-state index is 13.6. The van der Waals surface area contributed by atoms with E-state index in [-0.39, 0.29) is 36.3 Å². The lowest BCUT2D eigenvalue weighted by atomic mass is 9.63. The second-order valence-corrected chi connectivity index (χ2v) is 9.06. The Bertz CT molecular complexity index is 869. The maximum atomic E-state index is 13.6. The number of likely N-dealkylation sites (N-methyl/N-ethyl adjacent to an activating group) is 1. The van der Waals surface area contributed by atoms with Crippen molar-refractivity contribution in [1.82, 2.24) is 9.80 Å². The van der Waals surface area contributed by atoms with Crippen LogP contribution in [0.4, 0.5) is 0 Å². The van der Waals surface area contributed by atoms with E-state index in [1.165, 1.54) is 30.4 Å². The summed E-state index contributed by atoms with van der Waals surface area (Å²) in [5.41, 5.74) is 2.09. The number of nitrogens with zero attached hydrogens (tertiary/aromatic N) is 2. The van der Waals surface area contributed by atoms with Crippen LogP contribution in [-0.4, -0.2) is 61.4 Å². The van der Waals surface area contributed by atoms with Crippen molar-refractivity contribution >= 4 is 5.91 Å². The predicted octanol–water partition coefficient (Wildman–Crippen LogP) is 3.23. The zero-order valence-corrected chi connectivity index (χ0v) is 18.2. The first-order valence-corrected chi connectivity index (χ1v) is 11.3. The number of hydrogen-bond donors (Lipinski definition) is 0. The number of unbranched alkanes of at least 4 members (excludes halogenated alkanes) is 3. The van der Waals surface area contributed by atoms with E-state index in [0.717, 1.165) is 37.4 Å². The van der Waals surface area contributed by atoms with E-state index in [4.69, 9.17) is 14.2 Å². The molecule has 0 radical (unpaired) electrons. The molecule has 3 heterocycles. The van der Waals surface area contributed by atoms with E-state index in [1.54, 1.807) is 7.11 Å². The molecule has 1 aromatic carbocycles. The summed E-state index contributed by atoms with van der Waals surface area (Å²) in [7, 11) is 3.70. The van der Waals surface area contributed by atoms with Crippen LogP contribution in [0.1, 0.15) is 50.2 Å². The summed E-state index contributed by atoms with van der Waals surface area (Å²) in [5, 5.41) is 0. The first kappa shape index (κ1) is 19.9. The second kappa shape index (κ2) is 7.57. The minimum Gasteiger partial charge on any atom is -0.454 e. The van der Waals surface area contributed by atoms with Crippen molar-refractivity contribution in [3.63, 3.8) is 0 Å². The third-order valence-electron chi connectivity index (χ3n) is 7.50. The SMILES string of the molecule is CCCCCCN1Cc2cc3c(cc2[C@@]24C=C[C@@H](OC)C[C@@H]2N(C)C(=O)[C@@H]14)OCO3. The number of methoxy groups -OCH3 is 1. The molecule has 6 heteroatoms. The first-order chi connectivity index (χ1) is 14.6. The molecule has 1 fully saturated rings. The summed E-state index contributed by atoms with van der Waals surface area (Å²) in [4.78, 5) is 18.0. The average molecular weight is 413 g/mol. The average Bonchev–Trinajstić information content (AvgIpc) is 3.30. The third kappa shape index (κ3) is 2.80. The van der Waals surface area contributed by atoms with Gasteiger partial charge in [-0.05, 0) is 42.6 Å². The van der Waals surface area contributed by atoms with Gasteiger partial charge >= 0.3 is 0 Å². The molecule has 0 aromatic heterocycles. The molecule has 0 N–H and O–H groups in total. The van der Waals surface area contributed by atoms with Crippen molar-refractivity contribution in [2.75, 3.05) is 27.5 Å². The highest BCUT2D eigenvalue weighted by molar-refractivity contribution is 5.89. The molecule has 0 bridgehead atoms. The van der Waals surface area contributed by atoms with Crippen LogP contribution in [0, 0.1) is 0 Å². The Morgan fingerprint density at radius 2 is 2.00 bits per heavy atom. The van der Waals surface area contributed by atoms with Crippen molar-refractivity contribution in [2.24, 2.45) is 0 Å². The zero-order valence-electron chi connectivity index (χ0n) is 18.2. The van der Waals surface area contributed by atoms with E-state index in [9.17, 15) is 4.79 Å². The Kier molecular flexibility index (Phi) is 5.02. The normalized spacial score (nSPS) is 31.6. The molecule has 0 saturated carbocycles. The molecule has 6 nitrogen and oxygen atoms in total. The van der Waals surface area contributed by atoms with Gasteiger partial charge in [0.05, 0.1) is 11.5 Å². The van der Waals surface area contributed by atoms with E-state index >= 15 is 0 Å². The number of rotatable bonds is 6. The Morgan fingerprint density at radius 3 is 2.77 bits per heavy atom. The van der Waals surface area contributed by atoms with E-state index in [2.05, 4.69) is 36.1 Å². The molecule has 1 amide bonds. The van der Waals surface area contributed by atoms with Crippen LogP contribution < -0.4 is 9.47 Å². The smallest absolute Gasteiger partial charge is 0.241 e. The van der Waals surface area contributed by atoms with Crippen LogP contribution in [-0.2, 0) is 21.5 Å². The monoisotopic (exact) mass is 412 g/mol. The molecule has 1 aliphatic carbocycles. The lowest BCUT2D eigenvalue weighted by Gasteiger charge is -2.49. The van der Waals surface area contributed by atoms with Crippen LogP contribution in [0.25, 0.3) is 0 Å². The number of amides is 1. The van der Waals surface area contributed by atoms with Gasteiger partial charge in [0.15, 0.2) is 11.5 Å². The molecule has 4 atom stereocenters. The number of carbonyl (C=O) groups is 1. The minimum absolute atomic E-state index is 0.0343. The van der Waals surface area contributed by atoms with Gasteiger partial charge in [0.25, 0.3) is 0 Å². The molecule has 162 valence electrons. The quantitative estimate of drug-likeness (QED) is 0.530. The number of likely N-dealkylation sites (tertiary alicyclic amines) is 1. The highest BCUT2D eigenvalue weighted by Gasteiger charge is 2.63. The van der Waals surface area contributed by atoms with Crippen LogP contribution in [0.5, 0.6) is 11.5 Å². The highest BCUT2D eigenvalue weighted by atomic mass is 16.7. The third-order valence-corrected chi connectivity index (χ3v) is 7.50. The summed E-state index contributed by atoms with van der Waals surface area (Å²) < 4.78 is 17.1. The number of hydrogen-bond acceptors (Lipinski definition) is 5. The van der Waals surface area contributed by atoms with E-state index < -0.39 is 0 Å². The van der Waals surface area contributed by atoms with Gasteiger partial charge in [-0.25, -0.2) is 0 Å². The topological polar surface area (TPSA) is 51.2 Å². The van der Waals surface area contributed by atoms with Gasteiger partial charge in [0, 0.05) is 26.7 Å². The second-order valence-electron chi connectivity index (χ2n) is 9.06. The van der Waals surface area contributed by atoms with Crippen molar-refractivity contribution in [2.45, 2.75) is 69.2 Å². The molecule has 1 saturated heterocycles. The molecule has 3 aliphatic heterocycles. The summed E-state index contributed by atoms with van der Waals surface area (Å²) in [6, 6.07) is 4.17. The summed E-state index contributed by atoms with van der Waals surface area (Å²) in [6.45, 7) is 4.21. The molecule has 1 aromatic rings. The van der Waals surface area contributed by atoms with Gasteiger partial charge in [-0.15, -0.1) is 0 Å². The van der Waals surface area contributed by atoms with Crippen molar-refractivity contribution in [3.8, 4) is 11.5 Å². The summed E-state index contributed by atoms with van der Waals surface area (Å²) in [6.07, 6.45) is 10.0. The largest absolute Gasteiger partial charge is 0.454 e. The van der Waals surface area contributed by atoms with Gasteiger partial charge in [0.1, 0.15) is 6.04 Å². The lowest BCUT2D eigenvalue weighted by molar-refractivity contribution is -0.132. The predicted molar refractivity (Wildman–Crippen MR) is 114 cm³/mol. The van der Waals surface area contributed by atoms with Gasteiger partial charge in [-0.3, -0.25) is 9.69 Å². The summed E-state index contributed by atoms with van der Waals surface area (Å²) >= 11 is 0. The molecule has 4 aliphatic rings. The molecule has 5 rings (SSSR count). The van der Waals surface area contributed by atoms with E-state index in [0.29, 0.717) is 0 Å². The van der Waals surface area contributed by atoms with Gasteiger partial charge in [-0.1, -0.05) is 38.3 Å². The number of ether oxygens (including phenoxy) is 3. The Labute approximate surface area is 178 Å². The fourth-order valence-corrected chi connectivity index (χ4v) is 6.00. The van der Waals surface area contributed by atoms with Crippen LogP contribution in [0.3, 0.4) is 0 Å². The lowest BCUT2D eigenvalue weighted by Crippen LogP contribution is -2.58. The van der Waals surface area contributed by atoms with Gasteiger partial charge in [0.2, 0.25) is 12.7 Å². The standard InChI is InChI=1S/C24H32N2O4/c1-4-5-6-7-10-26-14-16-11-19-20(30-15-29-19)13-18(16)24-9-8-17(28-3)12-21(24)25(2)23(27)22(24)26/h8-9,11,13,17,21-22H,4-7,10,12,14-15H2,1-3H3/t17-,21+,22-,24+/m1/s1. The number of benzene rings is 1. The Morgan fingerprint density at radius 1 is 1.20 bits per heavy atom. The fourth-order valence-electron chi connectivity index (χ4n) is 6.00.